The first-order valence-electron chi connectivity index (χ1n) is 10.2. The summed E-state index contributed by atoms with van der Waals surface area (Å²) < 4.78 is 11.0. The van der Waals surface area contributed by atoms with Gasteiger partial charge in [0.25, 0.3) is 0 Å². The molecule has 0 aliphatic carbocycles. The summed E-state index contributed by atoms with van der Waals surface area (Å²) in [4.78, 5) is 7.19. The Hall–Kier alpha value is -0.850. The minimum Gasteiger partial charge on any atom is -0.379 e. The zero-order chi connectivity index (χ0) is 18.2. The number of likely N-dealkylation sites (tertiary alicyclic amines) is 1. The average Bonchev–Trinajstić information content (AvgIpc) is 2.62. The summed E-state index contributed by atoms with van der Waals surface area (Å²) in [5, 5.41) is 6.62. The van der Waals surface area contributed by atoms with E-state index in [1.54, 1.807) is 0 Å². The van der Waals surface area contributed by atoms with E-state index in [1.807, 2.05) is 0 Å². The van der Waals surface area contributed by atoms with Crippen LogP contribution >= 0.6 is 0 Å². The lowest BCUT2D eigenvalue weighted by Crippen LogP contribution is -2.40. The lowest BCUT2D eigenvalue weighted by molar-refractivity contribution is 0.0487. The molecule has 0 bridgehead atoms. The molecular formula is C19H40N4O2. The Kier molecular flexibility index (Phi) is 13.7. The number of unbranched alkanes of at least 4 members (excludes halogenated alkanes) is 1. The molecular weight excluding hydrogens is 316 g/mol. The van der Waals surface area contributed by atoms with Crippen molar-refractivity contribution in [3.05, 3.63) is 0 Å². The van der Waals surface area contributed by atoms with E-state index in [2.05, 4.69) is 41.3 Å². The van der Waals surface area contributed by atoms with E-state index in [0.717, 1.165) is 51.1 Å². The van der Waals surface area contributed by atoms with Gasteiger partial charge in [0.1, 0.15) is 0 Å². The van der Waals surface area contributed by atoms with Gasteiger partial charge in [0.2, 0.25) is 0 Å². The highest BCUT2D eigenvalue weighted by Gasteiger charge is 2.14. The van der Waals surface area contributed by atoms with Crippen molar-refractivity contribution in [1.29, 1.82) is 0 Å². The molecule has 0 amide bonds. The van der Waals surface area contributed by atoms with Crippen LogP contribution in [0.15, 0.2) is 4.99 Å². The van der Waals surface area contributed by atoms with Crippen molar-refractivity contribution in [2.24, 2.45) is 10.9 Å². The van der Waals surface area contributed by atoms with Gasteiger partial charge >= 0.3 is 0 Å². The molecule has 25 heavy (non-hydrogen) atoms. The summed E-state index contributed by atoms with van der Waals surface area (Å²) in [7, 11) is 0. The summed E-state index contributed by atoms with van der Waals surface area (Å²) in [5.74, 6) is 1.77. The normalized spacial score (nSPS) is 17.0. The van der Waals surface area contributed by atoms with Crippen LogP contribution < -0.4 is 10.6 Å². The van der Waals surface area contributed by atoms with E-state index in [4.69, 9.17) is 9.47 Å². The molecule has 0 unspecified atom stereocenters. The van der Waals surface area contributed by atoms with Crippen LogP contribution in [0.25, 0.3) is 0 Å². The standard InChI is InChI=1S/C19H40N4O2/c1-4-6-14-24-16-17-25-15-10-22-19(20-5-2)21-9-13-23-11-7-18(3)8-12-23/h18H,4-17H2,1-3H3,(H2,20,21,22). The second kappa shape index (κ2) is 15.4. The highest BCUT2D eigenvalue weighted by molar-refractivity contribution is 5.79. The van der Waals surface area contributed by atoms with Crippen molar-refractivity contribution in [2.75, 3.05) is 65.7 Å². The highest BCUT2D eigenvalue weighted by atomic mass is 16.5. The number of aliphatic imine (C=N–C) groups is 1. The molecule has 6 nitrogen and oxygen atoms in total. The molecule has 0 saturated carbocycles. The maximum atomic E-state index is 5.57. The molecule has 1 aliphatic heterocycles. The zero-order valence-corrected chi connectivity index (χ0v) is 16.7. The second-order valence-corrected chi connectivity index (χ2v) is 6.79. The zero-order valence-electron chi connectivity index (χ0n) is 16.7. The molecule has 1 aliphatic rings. The van der Waals surface area contributed by atoms with E-state index >= 15 is 0 Å². The van der Waals surface area contributed by atoms with Crippen molar-refractivity contribution < 1.29 is 9.47 Å². The van der Waals surface area contributed by atoms with Crippen molar-refractivity contribution in [1.82, 2.24) is 15.5 Å². The van der Waals surface area contributed by atoms with E-state index in [9.17, 15) is 0 Å². The topological polar surface area (TPSA) is 58.1 Å². The molecule has 0 aromatic rings. The predicted octanol–water partition coefficient (Wildman–Crippen LogP) is 2.11. The number of hydrogen-bond donors (Lipinski definition) is 2. The largest absolute Gasteiger partial charge is 0.379 e. The fourth-order valence-electron chi connectivity index (χ4n) is 2.74. The Labute approximate surface area is 154 Å². The Bertz CT molecular complexity index is 331. The number of nitrogens with one attached hydrogen (secondary N) is 2. The Morgan fingerprint density at radius 3 is 2.44 bits per heavy atom. The number of guanidine groups is 1. The van der Waals surface area contributed by atoms with Gasteiger partial charge in [-0.25, -0.2) is 0 Å². The van der Waals surface area contributed by atoms with E-state index in [-0.39, 0.29) is 0 Å². The second-order valence-electron chi connectivity index (χ2n) is 6.79. The summed E-state index contributed by atoms with van der Waals surface area (Å²) in [6.07, 6.45) is 4.94. The van der Waals surface area contributed by atoms with E-state index in [1.165, 1.54) is 32.4 Å². The molecule has 0 aromatic heterocycles. The lowest BCUT2D eigenvalue weighted by Gasteiger charge is -2.29. The molecule has 0 aromatic carbocycles. The van der Waals surface area contributed by atoms with Crippen LogP contribution in [0.4, 0.5) is 0 Å². The lowest BCUT2D eigenvalue weighted by atomic mass is 9.99. The number of piperidine rings is 1. The van der Waals surface area contributed by atoms with Gasteiger partial charge < -0.3 is 25.0 Å². The van der Waals surface area contributed by atoms with Gasteiger partial charge in [-0.2, -0.15) is 0 Å². The Morgan fingerprint density at radius 1 is 1.04 bits per heavy atom. The average molecular weight is 357 g/mol. The first-order valence-corrected chi connectivity index (χ1v) is 10.2. The number of hydrogen-bond acceptors (Lipinski definition) is 4. The predicted molar refractivity (Wildman–Crippen MR) is 105 cm³/mol. The Balaban J connectivity index is 2.06. The summed E-state index contributed by atoms with van der Waals surface area (Å²) in [6, 6.07) is 0. The van der Waals surface area contributed by atoms with Crippen LogP contribution in [-0.2, 0) is 9.47 Å². The van der Waals surface area contributed by atoms with Crippen molar-refractivity contribution in [3.63, 3.8) is 0 Å². The van der Waals surface area contributed by atoms with Gasteiger partial charge in [-0.15, -0.1) is 0 Å². The molecule has 0 atom stereocenters. The molecule has 0 spiro atoms. The van der Waals surface area contributed by atoms with Gasteiger partial charge in [-0.3, -0.25) is 4.99 Å². The van der Waals surface area contributed by atoms with Crippen LogP contribution in [-0.4, -0.2) is 76.6 Å². The number of ether oxygens (including phenoxy) is 2. The van der Waals surface area contributed by atoms with Crippen LogP contribution in [0.1, 0.15) is 46.5 Å². The van der Waals surface area contributed by atoms with Gasteiger partial charge in [0, 0.05) is 26.2 Å². The molecule has 1 rings (SSSR count). The van der Waals surface area contributed by atoms with Gasteiger partial charge in [0.05, 0.1) is 26.4 Å². The SMILES string of the molecule is CCCCOCCOCCNC(=NCCN1CCC(C)CC1)NCC. The molecule has 0 radical (unpaired) electrons. The smallest absolute Gasteiger partial charge is 0.191 e. The van der Waals surface area contributed by atoms with E-state index in [0.29, 0.717) is 19.8 Å². The van der Waals surface area contributed by atoms with Crippen LogP contribution in [0, 0.1) is 5.92 Å². The highest BCUT2D eigenvalue weighted by Crippen LogP contribution is 2.15. The van der Waals surface area contributed by atoms with Crippen LogP contribution in [0.5, 0.6) is 0 Å². The molecule has 2 N–H and O–H groups in total. The van der Waals surface area contributed by atoms with Crippen molar-refractivity contribution >= 4 is 5.96 Å². The molecule has 1 saturated heterocycles. The maximum Gasteiger partial charge on any atom is 0.191 e. The first kappa shape index (κ1) is 22.2. The van der Waals surface area contributed by atoms with Crippen molar-refractivity contribution in [2.45, 2.75) is 46.5 Å². The van der Waals surface area contributed by atoms with Gasteiger partial charge in [-0.1, -0.05) is 20.3 Å². The minimum absolute atomic E-state index is 0.659. The fourth-order valence-corrected chi connectivity index (χ4v) is 2.74. The number of nitrogens with zero attached hydrogens (tertiary/aromatic N) is 2. The monoisotopic (exact) mass is 356 g/mol. The summed E-state index contributed by atoms with van der Waals surface area (Å²) in [6.45, 7) is 15.4. The number of rotatable bonds is 13. The van der Waals surface area contributed by atoms with Crippen LogP contribution in [0.2, 0.25) is 0 Å². The maximum absolute atomic E-state index is 5.57. The molecule has 6 heteroatoms. The quantitative estimate of drug-likeness (QED) is 0.301. The third-order valence-electron chi connectivity index (χ3n) is 4.46. The molecule has 1 heterocycles. The van der Waals surface area contributed by atoms with Gasteiger partial charge in [0.15, 0.2) is 5.96 Å². The van der Waals surface area contributed by atoms with Gasteiger partial charge in [-0.05, 0) is 45.2 Å². The molecule has 1 fully saturated rings. The van der Waals surface area contributed by atoms with Crippen molar-refractivity contribution in [3.8, 4) is 0 Å². The minimum atomic E-state index is 0.659. The van der Waals surface area contributed by atoms with E-state index < -0.39 is 0 Å². The fraction of sp³-hybridized carbons (Fsp3) is 0.947. The van der Waals surface area contributed by atoms with Crippen LogP contribution in [0.3, 0.4) is 0 Å². The summed E-state index contributed by atoms with van der Waals surface area (Å²) in [5.41, 5.74) is 0. The molecule has 148 valence electrons. The summed E-state index contributed by atoms with van der Waals surface area (Å²) >= 11 is 0. The first-order chi connectivity index (χ1) is 12.3. The third kappa shape index (κ3) is 12.2. The third-order valence-corrected chi connectivity index (χ3v) is 4.46. The Morgan fingerprint density at radius 2 is 1.76 bits per heavy atom.